The van der Waals surface area contributed by atoms with Crippen LogP contribution in [0.5, 0.6) is 6.01 Å². The van der Waals surface area contributed by atoms with Crippen LogP contribution < -0.4 is 21.5 Å². The van der Waals surface area contributed by atoms with E-state index in [1.54, 1.807) is 0 Å². The van der Waals surface area contributed by atoms with Gasteiger partial charge in [-0.1, -0.05) is 37.6 Å². The number of nitrogens with one attached hydrogen (secondary N) is 1. The lowest BCUT2D eigenvalue weighted by Crippen LogP contribution is -2.18. The van der Waals surface area contributed by atoms with E-state index in [1.165, 1.54) is 37.1 Å². The second-order valence-corrected chi connectivity index (χ2v) is 7.01. The zero-order valence-electron chi connectivity index (χ0n) is 16.1. The monoisotopic (exact) mass is 370 g/mol. The van der Waals surface area contributed by atoms with Gasteiger partial charge in [0.05, 0.1) is 6.61 Å². The average Bonchev–Trinajstić information content (AvgIpc) is 3.17. The van der Waals surface area contributed by atoms with Crippen molar-refractivity contribution in [3.05, 3.63) is 35.4 Å². The predicted octanol–water partition coefficient (Wildman–Crippen LogP) is 3.03. The van der Waals surface area contributed by atoms with Gasteiger partial charge in [0, 0.05) is 13.1 Å². The van der Waals surface area contributed by atoms with Crippen molar-refractivity contribution in [1.29, 1.82) is 0 Å². The van der Waals surface area contributed by atoms with Crippen molar-refractivity contribution in [2.24, 2.45) is 0 Å². The molecular formula is C20H30N6O. The Balaban J connectivity index is 1.63. The highest BCUT2D eigenvalue weighted by Gasteiger charge is 2.13. The molecule has 1 aromatic heterocycles. The zero-order valence-corrected chi connectivity index (χ0v) is 16.1. The Kier molecular flexibility index (Phi) is 6.70. The van der Waals surface area contributed by atoms with Crippen molar-refractivity contribution < 1.29 is 4.74 Å². The number of hydrogen-bond acceptors (Lipinski definition) is 7. The lowest BCUT2D eigenvalue weighted by atomic mass is 10.1. The molecule has 146 valence electrons. The molecule has 3 rings (SSSR count). The Hall–Kier alpha value is -2.54. The molecule has 2 heterocycles. The fourth-order valence-electron chi connectivity index (χ4n) is 3.20. The summed E-state index contributed by atoms with van der Waals surface area (Å²) in [5, 5.41) is 3.27. The Morgan fingerprint density at radius 3 is 2.70 bits per heavy atom. The number of nitrogen functional groups attached to an aromatic ring is 2. The first kappa shape index (κ1) is 19.2. The van der Waals surface area contributed by atoms with Gasteiger partial charge in [0.15, 0.2) is 11.6 Å². The van der Waals surface area contributed by atoms with Gasteiger partial charge in [-0.2, -0.15) is 9.97 Å². The van der Waals surface area contributed by atoms with Crippen molar-refractivity contribution in [1.82, 2.24) is 14.9 Å². The maximum absolute atomic E-state index is 6.03. The largest absolute Gasteiger partial charge is 0.463 e. The molecule has 1 fully saturated rings. The van der Waals surface area contributed by atoms with Crippen LogP contribution in [-0.2, 0) is 13.1 Å². The minimum absolute atomic E-state index is 0.238. The molecule has 7 nitrogen and oxygen atoms in total. The molecular weight excluding hydrogens is 340 g/mol. The van der Waals surface area contributed by atoms with E-state index in [1.807, 2.05) is 0 Å². The number of anilines is 3. The van der Waals surface area contributed by atoms with Crippen molar-refractivity contribution in [3.63, 3.8) is 0 Å². The Labute approximate surface area is 161 Å². The summed E-state index contributed by atoms with van der Waals surface area (Å²) >= 11 is 0. The van der Waals surface area contributed by atoms with E-state index >= 15 is 0 Å². The van der Waals surface area contributed by atoms with E-state index < -0.39 is 0 Å². The smallest absolute Gasteiger partial charge is 0.320 e. The highest BCUT2D eigenvalue weighted by molar-refractivity contribution is 5.73. The molecule has 0 amide bonds. The third-order valence-electron chi connectivity index (χ3n) is 4.74. The topological polar surface area (TPSA) is 102 Å². The van der Waals surface area contributed by atoms with Gasteiger partial charge in [-0.05, 0) is 43.5 Å². The van der Waals surface area contributed by atoms with Gasteiger partial charge < -0.3 is 21.5 Å². The number of hydrogen-bond donors (Lipinski definition) is 3. The van der Waals surface area contributed by atoms with Gasteiger partial charge in [-0.3, -0.25) is 4.90 Å². The fraction of sp³-hybridized carbons (Fsp3) is 0.500. The van der Waals surface area contributed by atoms with E-state index in [2.05, 4.69) is 51.4 Å². The summed E-state index contributed by atoms with van der Waals surface area (Å²) in [5.41, 5.74) is 14.8. The van der Waals surface area contributed by atoms with Crippen LogP contribution >= 0.6 is 0 Å². The second-order valence-electron chi connectivity index (χ2n) is 7.01. The molecule has 1 aliphatic rings. The first-order chi connectivity index (χ1) is 13.2. The predicted molar refractivity (Wildman–Crippen MR) is 110 cm³/mol. The highest BCUT2D eigenvalue weighted by Crippen LogP contribution is 2.25. The number of benzene rings is 1. The van der Waals surface area contributed by atoms with E-state index in [4.69, 9.17) is 16.2 Å². The first-order valence-electron chi connectivity index (χ1n) is 9.75. The molecule has 27 heavy (non-hydrogen) atoms. The van der Waals surface area contributed by atoms with E-state index in [0.29, 0.717) is 24.7 Å². The Morgan fingerprint density at radius 1 is 1.15 bits per heavy atom. The summed E-state index contributed by atoms with van der Waals surface area (Å²) in [6.45, 7) is 6.68. The van der Waals surface area contributed by atoms with Gasteiger partial charge >= 0.3 is 6.01 Å². The van der Waals surface area contributed by atoms with Crippen LogP contribution in [0.15, 0.2) is 24.3 Å². The summed E-state index contributed by atoms with van der Waals surface area (Å²) in [5.74, 6) is 0.751. The molecule has 1 saturated heterocycles. The van der Waals surface area contributed by atoms with Crippen LogP contribution in [0.2, 0.25) is 0 Å². The SMILES string of the molecule is CCCCOc1nc(N)c(N)c(NCc2cccc(CN3CCCC3)c2)n1. The summed E-state index contributed by atoms with van der Waals surface area (Å²) in [7, 11) is 0. The van der Waals surface area contributed by atoms with Crippen LogP contribution in [0.4, 0.5) is 17.3 Å². The number of rotatable bonds is 9. The quantitative estimate of drug-likeness (QED) is 0.583. The normalized spacial score (nSPS) is 14.4. The minimum Gasteiger partial charge on any atom is -0.463 e. The summed E-state index contributed by atoms with van der Waals surface area (Å²) in [6, 6.07) is 8.86. The van der Waals surface area contributed by atoms with Gasteiger partial charge in [-0.15, -0.1) is 0 Å². The number of nitrogens with zero attached hydrogens (tertiary/aromatic N) is 3. The fourth-order valence-corrected chi connectivity index (χ4v) is 3.20. The number of ether oxygens (including phenoxy) is 1. The van der Waals surface area contributed by atoms with E-state index in [0.717, 1.165) is 19.4 Å². The van der Waals surface area contributed by atoms with Crippen LogP contribution in [0.1, 0.15) is 43.7 Å². The van der Waals surface area contributed by atoms with Crippen molar-refractivity contribution in [3.8, 4) is 6.01 Å². The zero-order chi connectivity index (χ0) is 19.1. The standard InChI is InChI=1S/C20H30N6O/c1-2-3-11-27-20-24-18(22)17(21)19(25-20)23-13-15-7-6-8-16(12-15)14-26-9-4-5-10-26/h6-8,12H,2-5,9-11,13-14,21H2,1H3,(H3,22,23,24,25). The maximum Gasteiger partial charge on any atom is 0.320 e. The molecule has 0 bridgehead atoms. The average molecular weight is 371 g/mol. The summed E-state index contributed by atoms with van der Waals surface area (Å²) in [4.78, 5) is 11.0. The molecule has 0 saturated carbocycles. The van der Waals surface area contributed by atoms with E-state index in [-0.39, 0.29) is 11.8 Å². The Morgan fingerprint density at radius 2 is 1.93 bits per heavy atom. The number of likely N-dealkylation sites (tertiary alicyclic amines) is 1. The third kappa shape index (κ3) is 5.47. The van der Waals surface area contributed by atoms with Crippen molar-refractivity contribution in [2.75, 3.05) is 36.5 Å². The minimum atomic E-state index is 0.238. The molecule has 0 spiro atoms. The molecule has 0 atom stereocenters. The van der Waals surface area contributed by atoms with Crippen LogP contribution in [0.3, 0.4) is 0 Å². The van der Waals surface area contributed by atoms with Gasteiger partial charge in [-0.25, -0.2) is 0 Å². The van der Waals surface area contributed by atoms with Crippen LogP contribution in [-0.4, -0.2) is 34.6 Å². The molecule has 7 heteroatoms. The molecule has 1 aliphatic heterocycles. The molecule has 0 unspecified atom stereocenters. The molecule has 1 aromatic carbocycles. The van der Waals surface area contributed by atoms with Gasteiger partial charge in [0.25, 0.3) is 0 Å². The molecule has 0 aliphatic carbocycles. The lowest BCUT2D eigenvalue weighted by molar-refractivity contribution is 0.286. The van der Waals surface area contributed by atoms with Gasteiger partial charge in [0.1, 0.15) is 5.69 Å². The molecule has 5 N–H and O–H groups in total. The second kappa shape index (κ2) is 9.41. The van der Waals surface area contributed by atoms with Gasteiger partial charge in [0.2, 0.25) is 0 Å². The lowest BCUT2D eigenvalue weighted by Gasteiger charge is -2.16. The van der Waals surface area contributed by atoms with Crippen LogP contribution in [0.25, 0.3) is 0 Å². The first-order valence-corrected chi connectivity index (χ1v) is 9.75. The van der Waals surface area contributed by atoms with Crippen molar-refractivity contribution in [2.45, 2.75) is 45.7 Å². The highest BCUT2D eigenvalue weighted by atomic mass is 16.5. The van der Waals surface area contributed by atoms with Crippen molar-refractivity contribution >= 4 is 17.3 Å². The maximum atomic E-state index is 6.03. The Bertz CT molecular complexity index is 745. The third-order valence-corrected chi connectivity index (χ3v) is 4.74. The summed E-state index contributed by atoms with van der Waals surface area (Å²) < 4.78 is 5.57. The van der Waals surface area contributed by atoms with E-state index in [9.17, 15) is 0 Å². The molecule has 2 aromatic rings. The van der Waals surface area contributed by atoms with Crippen LogP contribution in [0, 0.1) is 0 Å². The molecule has 0 radical (unpaired) electrons. The number of nitrogens with two attached hydrogens (primary N) is 2. The number of unbranched alkanes of at least 4 members (excludes halogenated alkanes) is 1. The number of aromatic nitrogens is 2. The summed E-state index contributed by atoms with van der Waals surface area (Å²) in [6.07, 6.45) is 4.60.